The molecule has 13 heavy (non-hydrogen) atoms. The van der Waals surface area contributed by atoms with Crippen LogP contribution in [0.4, 0.5) is 0 Å². The molecule has 0 unspecified atom stereocenters. The van der Waals surface area contributed by atoms with Gasteiger partial charge in [-0.1, -0.05) is 29.8 Å². The molecule has 70 valence electrons. The van der Waals surface area contributed by atoms with Crippen molar-refractivity contribution in [2.75, 3.05) is 0 Å². The van der Waals surface area contributed by atoms with Crippen LogP contribution >= 0.6 is 38.5 Å². The van der Waals surface area contributed by atoms with Crippen molar-refractivity contribution in [2.24, 2.45) is 5.92 Å². The molecule has 0 bridgehead atoms. The van der Waals surface area contributed by atoms with Gasteiger partial charge in [-0.2, -0.15) is 0 Å². The fraction of sp³-hybridized carbons (Fsp3) is 0.300. The number of carbonyl (C=O) groups excluding carboxylic acids is 1. The number of rotatable bonds is 2. The summed E-state index contributed by atoms with van der Waals surface area (Å²) in [5.74, 6) is 0.254. The highest BCUT2D eigenvalue weighted by atomic mass is 127. The van der Waals surface area contributed by atoms with Gasteiger partial charge in [0.05, 0.1) is 0 Å². The molecule has 0 fully saturated rings. The van der Waals surface area contributed by atoms with Crippen molar-refractivity contribution in [3.8, 4) is 0 Å². The molecule has 0 saturated heterocycles. The molecule has 0 aliphatic carbocycles. The van der Waals surface area contributed by atoms with Gasteiger partial charge in [-0.05, 0) is 40.8 Å². The molecule has 0 amide bonds. The summed E-state index contributed by atoms with van der Waals surface area (Å²) in [6.07, 6.45) is 0. The van der Waals surface area contributed by atoms with E-state index >= 15 is 0 Å². The molecule has 1 nitrogen and oxygen atoms in total. The molecule has 3 heteroatoms. The van der Waals surface area contributed by atoms with Gasteiger partial charge in [0.1, 0.15) is 0 Å². The fourth-order valence-corrected chi connectivity index (χ4v) is 2.62. The zero-order valence-electron chi connectivity index (χ0n) is 7.47. The van der Waals surface area contributed by atoms with E-state index in [0.717, 1.165) is 13.6 Å². The fourth-order valence-electron chi connectivity index (χ4n) is 1.03. The minimum absolute atomic E-state index is 0.0603. The summed E-state index contributed by atoms with van der Waals surface area (Å²) < 4.78 is 2.04. The summed E-state index contributed by atoms with van der Waals surface area (Å²) in [6, 6.07) is 5.76. The van der Waals surface area contributed by atoms with Gasteiger partial charge in [0, 0.05) is 19.5 Å². The first kappa shape index (κ1) is 11.2. The minimum atomic E-state index is 0.0603. The molecule has 1 aromatic rings. The largest absolute Gasteiger partial charge is 0.294 e. The average molecular weight is 353 g/mol. The highest BCUT2D eigenvalue weighted by Gasteiger charge is 2.11. The highest BCUT2D eigenvalue weighted by Crippen LogP contribution is 2.19. The molecule has 0 aliphatic heterocycles. The van der Waals surface area contributed by atoms with Gasteiger partial charge in [0.15, 0.2) is 5.78 Å². The Morgan fingerprint density at radius 3 is 2.46 bits per heavy atom. The van der Waals surface area contributed by atoms with Crippen molar-refractivity contribution in [3.05, 3.63) is 31.8 Å². The van der Waals surface area contributed by atoms with Gasteiger partial charge in [-0.15, -0.1) is 0 Å². The number of Topliss-reactive ketones (excluding diaryl/α,β-unsaturated/α-hetero) is 1. The van der Waals surface area contributed by atoms with Gasteiger partial charge in [0.25, 0.3) is 0 Å². The van der Waals surface area contributed by atoms with Crippen LogP contribution in [0.25, 0.3) is 0 Å². The average Bonchev–Trinajstić information content (AvgIpc) is 2.01. The summed E-state index contributed by atoms with van der Waals surface area (Å²) >= 11 is 5.58. The monoisotopic (exact) mass is 352 g/mol. The lowest BCUT2D eigenvalue weighted by atomic mass is 10.0. The second kappa shape index (κ2) is 4.55. The molecule has 0 radical (unpaired) electrons. The van der Waals surface area contributed by atoms with Crippen molar-refractivity contribution < 1.29 is 4.79 Å². The topological polar surface area (TPSA) is 17.1 Å². The van der Waals surface area contributed by atoms with Crippen LogP contribution < -0.4 is 0 Å². The number of carbonyl (C=O) groups is 1. The Morgan fingerprint density at radius 1 is 1.38 bits per heavy atom. The maximum absolute atomic E-state index is 11.6. The standard InChI is InChI=1S/C10H10BrIO/c1-6(2)10(13)7-3-8(11)5-9(12)4-7/h3-6H,1-2H3. The summed E-state index contributed by atoms with van der Waals surface area (Å²) in [7, 11) is 0. The number of halogens is 2. The number of ketones is 1. The van der Waals surface area contributed by atoms with Gasteiger partial charge < -0.3 is 0 Å². The molecule has 0 atom stereocenters. The van der Waals surface area contributed by atoms with Crippen LogP contribution in [0, 0.1) is 9.49 Å². The first-order valence-corrected chi connectivity index (χ1v) is 5.88. The zero-order valence-corrected chi connectivity index (χ0v) is 11.2. The Labute approximate surface area is 100 Å². The molecule has 1 rings (SSSR count). The number of hydrogen-bond donors (Lipinski definition) is 0. The van der Waals surface area contributed by atoms with Crippen LogP contribution in [-0.2, 0) is 0 Å². The van der Waals surface area contributed by atoms with E-state index in [4.69, 9.17) is 0 Å². The molecule has 0 aromatic heterocycles. The third kappa shape index (κ3) is 3.06. The van der Waals surface area contributed by atoms with Gasteiger partial charge >= 0.3 is 0 Å². The van der Waals surface area contributed by atoms with Crippen molar-refractivity contribution >= 4 is 44.3 Å². The molecule has 0 saturated carbocycles. The van der Waals surface area contributed by atoms with Crippen LogP contribution in [0.2, 0.25) is 0 Å². The number of benzene rings is 1. The molecule has 1 aromatic carbocycles. The van der Waals surface area contributed by atoms with E-state index < -0.39 is 0 Å². The molecule has 0 heterocycles. The lowest BCUT2D eigenvalue weighted by Crippen LogP contribution is -2.07. The Hall–Kier alpha value is 0.1000. The van der Waals surface area contributed by atoms with Crippen LogP contribution in [0.1, 0.15) is 24.2 Å². The van der Waals surface area contributed by atoms with Gasteiger partial charge in [0.2, 0.25) is 0 Å². The second-order valence-electron chi connectivity index (χ2n) is 3.18. The molecule has 0 spiro atoms. The lowest BCUT2D eigenvalue weighted by molar-refractivity contribution is 0.0939. The Balaban J connectivity index is 3.08. The maximum Gasteiger partial charge on any atom is 0.165 e. The summed E-state index contributed by atoms with van der Waals surface area (Å²) in [4.78, 5) is 11.6. The van der Waals surface area contributed by atoms with E-state index in [1.54, 1.807) is 0 Å². The quantitative estimate of drug-likeness (QED) is 0.583. The predicted molar refractivity (Wildman–Crippen MR) is 66.0 cm³/mol. The minimum Gasteiger partial charge on any atom is -0.294 e. The molecular weight excluding hydrogens is 343 g/mol. The van der Waals surface area contributed by atoms with Crippen LogP contribution in [0.3, 0.4) is 0 Å². The smallest absolute Gasteiger partial charge is 0.165 e. The van der Waals surface area contributed by atoms with E-state index in [0.29, 0.717) is 0 Å². The normalized spacial score (nSPS) is 10.5. The van der Waals surface area contributed by atoms with Gasteiger partial charge in [-0.25, -0.2) is 0 Å². The Kier molecular flexibility index (Phi) is 3.91. The highest BCUT2D eigenvalue weighted by molar-refractivity contribution is 14.1. The number of hydrogen-bond acceptors (Lipinski definition) is 1. The van der Waals surface area contributed by atoms with E-state index in [2.05, 4.69) is 38.5 Å². The zero-order chi connectivity index (χ0) is 10.0. The first-order valence-electron chi connectivity index (χ1n) is 4.01. The summed E-state index contributed by atoms with van der Waals surface area (Å²) in [5, 5.41) is 0. The van der Waals surface area contributed by atoms with E-state index in [-0.39, 0.29) is 11.7 Å². The van der Waals surface area contributed by atoms with Crippen molar-refractivity contribution in [2.45, 2.75) is 13.8 Å². The van der Waals surface area contributed by atoms with Crippen molar-refractivity contribution in [1.82, 2.24) is 0 Å². The summed E-state index contributed by atoms with van der Waals surface area (Å²) in [6.45, 7) is 3.83. The SMILES string of the molecule is CC(C)C(=O)c1cc(Br)cc(I)c1. The third-order valence-electron chi connectivity index (χ3n) is 1.67. The Morgan fingerprint density at radius 2 is 2.00 bits per heavy atom. The summed E-state index contributed by atoms with van der Waals surface area (Å²) in [5.41, 5.74) is 0.786. The lowest BCUT2D eigenvalue weighted by Gasteiger charge is -2.05. The second-order valence-corrected chi connectivity index (χ2v) is 5.34. The van der Waals surface area contributed by atoms with E-state index in [1.165, 1.54) is 0 Å². The Bertz CT molecular complexity index is 313. The van der Waals surface area contributed by atoms with Crippen LogP contribution in [-0.4, -0.2) is 5.78 Å². The third-order valence-corrected chi connectivity index (χ3v) is 2.75. The predicted octanol–water partition coefficient (Wildman–Crippen LogP) is 3.89. The maximum atomic E-state index is 11.6. The van der Waals surface area contributed by atoms with Crippen molar-refractivity contribution in [1.29, 1.82) is 0 Å². The van der Waals surface area contributed by atoms with E-state index in [1.807, 2.05) is 32.0 Å². The van der Waals surface area contributed by atoms with E-state index in [9.17, 15) is 4.79 Å². The first-order chi connectivity index (χ1) is 6.00. The van der Waals surface area contributed by atoms with Gasteiger partial charge in [-0.3, -0.25) is 4.79 Å². The van der Waals surface area contributed by atoms with Crippen molar-refractivity contribution in [3.63, 3.8) is 0 Å². The van der Waals surface area contributed by atoms with Crippen LogP contribution in [0.5, 0.6) is 0 Å². The molecule has 0 N–H and O–H groups in total. The molecule has 0 aliphatic rings. The van der Waals surface area contributed by atoms with Crippen LogP contribution in [0.15, 0.2) is 22.7 Å². The molecular formula is C10H10BrIO.